The molecule has 116 valence electrons. The third kappa shape index (κ3) is 2.32. The van der Waals surface area contributed by atoms with Crippen LogP contribution in [0.15, 0.2) is 53.3 Å². The van der Waals surface area contributed by atoms with Gasteiger partial charge in [0, 0.05) is 5.56 Å². The van der Waals surface area contributed by atoms with Crippen LogP contribution in [0.4, 0.5) is 0 Å². The van der Waals surface area contributed by atoms with Gasteiger partial charge in [-0.15, -0.1) is 0 Å². The van der Waals surface area contributed by atoms with Crippen molar-refractivity contribution in [2.75, 3.05) is 6.61 Å². The molecule has 4 aromatic rings. The number of hydrogen-bond donors (Lipinski definition) is 0. The number of nitrogens with zero attached hydrogens (tertiary/aromatic N) is 3. The zero-order valence-corrected chi connectivity index (χ0v) is 13.3. The van der Waals surface area contributed by atoms with Crippen molar-refractivity contribution in [3.63, 3.8) is 0 Å². The Labute approximate surface area is 140 Å². The van der Waals surface area contributed by atoms with Gasteiger partial charge in [0.1, 0.15) is 11.8 Å². The van der Waals surface area contributed by atoms with Crippen molar-refractivity contribution in [3.05, 3.63) is 69.0 Å². The van der Waals surface area contributed by atoms with Gasteiger partial charge in [0.25, 0.3) is 5.56 Å². The van der Waals surface area contributed by atoms with E-state index in [1.54, 1.807) is 16.5 Å². The normalized spacial score (nSPS) is 11.9. The number of nitriles is 1. The van der Waals surface area contributed by atoms with E-state index in [9.17, 15) is 4.79 Å². The number of hydrogen-bond acceptors (Lipinski definition) is 5. The van der Waals surface area contributed by atoms with E-state index in [1.165, 1.54) is 11.3 Å². The van der Waals surface area contributed by atoms with Crippen LogP contribution in [-0.4, -0.2) is 16.0 Å². The first-order valence-corrected chi connectivity index (χ1v) is 8.10. The molecule has 2 aromatic carbocycles. The maximum Gasteiger partial charge on any atom is 0.274 e. The fourth-order valence-electron chi connectivity index (χ4n) is 2.59. The molecular formula is C18H11N3O2S. The summed E-state index contributed by atoms with van der Waals surface area (Å²) in [5.74, 6) is 0.578. The van der Waals surface area contributed by atoms with E-state index < -0.39 is 0 Å². The fourth-order valence-corrected chi connectivity index (χ4v) is 3.57. The Kier molecular flexibility index (Phi) is 3.48. The van der Waals surface area contributed by atoms with Crippen LogP contribution in [0, 0.1) is 11.3 Å². The summed E-state index contributed by atoms with van der Waals surface area (Å²) >= 11 is 1.34. The van der Waals surface area contributed by atoms with Crippen LogP contribution < -0.4 is 14.8 Å². The van der Waals surface area contributed by atoms with Crippen LogP contribution in [0.2, 0.25) is 0 Å². The molecule has 0 aliphatic carbocycles. The molecule has 0 saturated heterocycles. The summed E-state index contributed by atoms with van der Waals surface area (Å²) < 4.78 is 7.62. The topological polar surface area (TPSA) is 67.4 Å². The highest BCUT2D eigenvalue weighted by Crippen LogP contribution is 2.19. The van der Waals surface area contributed by atoms with Gasteiger partial charge in [0.2, 0.25) is 0 Å². The third-order valence-corrected chi connectivity index (χ3v) is 4.61. The largest absolute Gasteiger partial charge is 0.478 e. The van der Waals surface area contributed by atoms with E-state index >= 15 is 0 Å². The number of imidazole rings is 1. The number of fused-ring (bicyclic) bond motifs is 3. The lowest BCUT2D eigenvalue weighted by Gasteiger charge is -2.04. The maximum absolute atomic E-state index is 12.7. The zero-order chi connectivity index (χ0) is 16.5. The minimum Gasteiger partial charge on any atom is -0.478 e. The quantitative estimate of drug-likeness (QED) is 0.577. The van der Waals surface area contributed by atoms with Gasteiger partial charge in [0.15, 0.2) is 11.6 Å². The van der Waals surface area contributed by atoms with Crippen molar-refractivity contribution in [1.82, 2.24) is 9.38 Å². The molecule has 2 aromatic heterocycles. The second kappa shape index (κ2) is 5.80. The lowest BCUT2D eigenvalue weighted by atomic mass is 10.2. The first kappa shape index (κ1) is 14.4. The maximum atomic E-state index is 12.7. The van der Waals surface area contributed by atoms with Crippen LogP contribution in [0.3, 0.4) is 0 Å². The third-order valence-electron chi connectivity index (χ3n) is 3.64. The zero-order valence-electron chi connectivity index (χ0n) is 12.5. The summed E-state index contributed by atoms with van der Waals surface area (Å²) in [6.45, 7) is -0.0342. The SMILES string of the molecule is N#CCOc1ccccc1/C=c1\sc2nc3ccccc3n2c1=O. The summed E-state index contributed by atoms with van der Waals surface area (Å²) in [5.41, 5.74) is 2.28. The van der Waals surface area contributed by atoms with Gasteiger partial charge in [-0.1, -0.05) is 41.7 Å². The highest BCUT2D eigenvalue weighted by Gasteiger charge is 2.11. The average molecular weight is 333 g/mol. The van der Waals surface area contributed by atoms with Gasteiger partial charge < -0.3 is 4.74 Å². The van der Waals surface area contributed by atoms with E-state index in [1.807, 2.05) is 48.5 Å². The number of para-hydroxylation sites is 3. The van der Waals surface area contributed by atoms with Crippen LogP contribution in [-0.2, 0) is 0 Å². The van der Waals surface area contributed by atoms with E-state index in [4.69, 9.17) is 10.00 Å². The molecule has 0 atom stereocenters. The molecule has 2 heterocycles. The standard InChI is InChI=1S/C18H11N3O2S/c19-9-10-23-15-8-4-1-5-12(15)11-16-17(22)21-14-7-3-2-6-13(14)20-18(21)24-16/h1-8,11H,10H2/b16-11-. The Hall–Kier alpha value is -3.17. The van der Waals surface area contributed by atoms with Crippen molar-refractivity contribution in [3.8, 4) is 11.8 Å². The Balaban J connectivity index is 1.92. The predicted octanol–water partition coefficient (Wildman–Crippen LogP) is 2.36. The lowest BCUT2D eigenvalue weighted by Crippen LogP contribution is -2.22. The molecule has 5 nitrogen and oxygen atoms in total. The van der Waals surface area contributed by atoms with Crippen molar-refractivity contribution >= 4 is 33.4 Å². The number of ether oxygens (including phenoxy) is 1. The number of benzene rings is 2. The summed E-state index contributed by atoms with van der Waals surface area (Å²) in [6, 6.07) is 16.8. The molecule has 0 radical (unpaired) electrons. The number of thiazole rings is 1. The molecule has 6 heteroatoms. The fraction of sp³-hybridized carbons (Fsp3) is 0.0556. The van der Waals surface area contributed by atoms with Crippen molar-refractivity contribution in [2.45, 2.75) is 0 Å². The van der Waals surface area contributed by atoms with Crippen LogP contribution in [0.5, 0.6) is 5.75 Å². The van der Waals surface area contributed by atoms with Crippen molar-refractivity contribution in [2.24, 2.45) is 0 Å². The van der Waals surface area contributed by atoms with Gasteiger partial charge in [-0.05, 0) is 24.3 Å². The Morgan fingerprint density at radius 2 is 2.00 bits per heavy atom. The molecule has 0 aliphatic rings. The van der Waals surface area contributed by atoms with E-state index in [0.717, 1.165) is 16.6 Å². The number of rotatable bonds is 3. The molecule has 0 saturated carbocycles. The smallest absolute Gasteiger partial charge is 0.274 e. The summed E-state index contributed by atoms with van der Waals surface area (Å²) in [4.78, 5) is 17.9. The van der Waals surface area contributed by atoms with Gasteiger partial charge >= 0.3 is 0 Å². The molecule has 4 rings (SSSR count). The van der Waals surface area contributed by atoms with E-state index in [2.05, 4.69) is 4.98 Å². The minimum atomic E-state index is -0.0983. The molecule has 0 N–H and O–H groups in total. The average Bonchev–Trinajstić information content (AvgIpc) is 3.11. The van der Waals surface area contributed by atoms with Crippen LogP contribution >= 0.6 is 11.3 Å². The van der Waals surface area contributed by atoms with Gasteiger partial charge in [0.05, 0.1) is 15.6 Å². The summed E-state index contributed by atoms with van der Waals surface area (Å²) in [7, 11) is 0. The second-order valence-corrected chi connectivity index (χ2v) is 6.13. The minimum absolute atomic E-state index is 0.0342. The Morgan fingerprint density at radius 3 is 2.88 bits per heavy atom. The molecule has 24 heavy (non-hydrogen) atoms. The number of aromatic nitrogens is 2. The molecule has 0 spiro atoms. The van der Waals surface area contributed by atoms with Gasteiger partial charge in [-0.25, -0.2) is 9.38 Å². The van der Waals surface area contributed by atoms with Crippen LogP contribution in [0.25, 0.3) is 22.1 Å². The van der Waals surface area contributed by atoms with Crippen LogP contribution in [0.1, 0.15) is 5.56 Å². The molecule has 0 fully saturated rings. The molecule has 0 unspecified atom stereocenters. The Bertz CT molecular complexity index is 1200. The highest BCUT2D eigenvalue weighted by atomic mass is 32.1. The first-order chi connectivity index (χ1) is 11.8. The van der Waals surface area contributed by atoms with Crippen molar-refractivity contribution in [1.29, 1.82) is 5.26 Å². The molecule has 0 bridgehead atoms. The van der Waals surface area contributed by atoms with E-state index in [0.29, 0.717) is 15.2 Å². The van der Waals surface area contributed by atoms with Gasteiger partial charge in [-0.2, -0.15) is 5.26 Å². The van der Waals surface area contributed by atoms with Crippen molar-refractivity contribution < 1.29 is 4.74 Å². The molecule has 0 aliphatic heterocycles. The summed E-state index contributed by atoms with van der Waals surface area (Å²) in [6.07, 6.45) is 1.78. The summed E-state index contributed by atoms with van der Waals surface area (Å²) in [5, 5.41) is 8.68. The van der Waals surface area contributed by atoms with Gasteiger partial charge in [-0.3, -0.25) is 4.79 Å². The first-order valence-electron chi connectivity index (χ1n) is 7.28. The van der Waals surface area contributed by atoms with E-state index in [-0.39, 0.29) is 12.2 Å². The monoisotopic (exact) mass is 333 g/mol. The second-order valence-electron chi connectivity index (χ2n) is 5.12. The lowest BCUT2D eigenvalue weighted by molar-refractivity contribution is 0.367. The predicted molar refractivity (Wildman–Crippen MR) is 93.2 cm³/mol. The highest BCUT2D eigenvalue weighted by molar-refractivity contribution is 7.15. The Morgan fingerprint density at radius 1 is 1.21 bits per heavy atom. The molecular weight excluding hydrogens is 322 g/mol. The molecule has 0 amide bonds.